The summed E-state index contributed by atoms with van der Waals surface area (Å²) in [5.41, 5.74) is 5.13. The number of unbranched alkanes of at least 4 members (excludes halogenated alkanes) is 2. The number of sulfonamides is 1. The molecule has 0 aromatic heterocycles. The van der Waals surface area contributed by atoms with Crippen LogP contribution >= 0.6 is 11.6 Å². The van der Waals surface area contributed by atoms with E-state index in [9.17, 15) is 12.8 Å². The van der Waals surface area contributed by atoms with E-state index >= 15 is 0 Å². The van der Waals surface area contributed by atoms with Gasteiger partial charge in [0.1, 0.15) is 4.90 Å². The fraction of sp³-hybridized carbons (Fsp3) is 0.500. The number of rotatable bonds is 6. The van der Waals surface area contributed by atoms with E-state index in [-0.39, 0.29) is 10.7 Å². The lowest BCUT2D eigenvalue weighted by Gasteiger charge is -2.18. The van der Waals surface area contributed by atoms with Gasteiger partial charge >= 0.3 is 0 Å². The summed E-state index contributed by atoms with van der Waals surface area (Å²) in [4.78, 5) is -0.475. The molecular weight excluding hydrogens is 291 g/mol. The van der Waals surface area contributed by atoms with E-state index < -0.39 is 20.7 Å². The Morgan fingerprint density at radius 3 is 2.58 bits per heavy atom. The molecule has 0 saturated heterocycles. The Labute approximate surface area is 118 Å². The first-order valence-corrected chi connectivity index (χ1v) is 7.83. The summed E-state index contributed by atoms with van der Waals surface area (Å²) in [6.07, 6.45) is 2.62. The highest BCUT2D eigenvalue weighted by atomic mass is 35.5. The number of halogens is 2. The summed E-state index contributed by atoms with van der Waals surface area (Å²) in [5.74, 6) is -0.952. The molecule has 0 amide bonds. The molecule has 0 bridgehead atoms. The molecule has 1 aromatic rings. The Morgan fingerprint density at radius 2 is 2.00 bits per heavy atom. The Morgan fingerprint density at radius 1 is 1.37 bits per heavy atom. The van der Waals surface area contributed by atoms with Crippen molar-refractivity contribution in [1.29, 1.82) is 0 Å². The second kappa shape index (κ2) is 6.54. The van der Waals surface area contributed by atoms with Gasteiger partial charge in [0.15, 0.2) is 5.82 Å². The van der Waals surface area contributed by atoms with E-state index in [2.05, 4.69) is 0 Å². The van der Waals surface area contributed by atoms with Gasteiger partial charge in [-0.15, -0.1) is 0 Å². The summed E-state index contributed by atoms with van der Waals surface area (Å²) in [6, 6.07) is 2.27. The monoisotopic (exact) mass is 308 g/mol. The number of nitrogen functional groups attached to an aromatic ring is 1. The zero-order chi connectivity index (χ0) is 14.6. The molecule has 0 heterocycles. The van der Waals surface area contributed by atoms with E-state index in [1.54, 1.807) is 0 Å². The van der Waals surface area contributed by atoms with Crippen molar-refractivity contribution < 1.29 is 12.8 Å². The smallest absolute Gasteiger partial charge is 0.245 e. The summed E-state index contributed by atoms with van der Waals surface area (Å²) in [7, 11) is -2.48. The van der Waals surface area contributed by atoms with Crippen LogP contribution in [0.25, 0.3) is 0 Å². The van der Waals surface area contributed by atoms with Gasteiger partial charge in [-0.3, -0.25) is 0 Å². The standard InChI is InChI=1S/C12H18ClFN2O2S/c1-3-4-5-6-16(2)19(17,18)11-8-9(13)7-10(15)12(11)14/h7-8H,3-6,15H2,1-2H3. The first kappa shape index (κ1) is 16.2. The van der Waals surface area contributed by atoms with Crippen molar-refractivity contribution in [2.75, 3.05) is 19.3 Å². The zero-order valence-corrected chi connectivity index (χ0v) is 12.6. The van der Waals surface area contributed by atoms with Crippen LogP contribution < -0.4 is 5.73 Å². The van der Waals surface area contributed by atoms with Crippen molar-refractivity contribution in [3.63, 3.8) is 0 Å². The van der Waals surface area contributed by atoms with Crippen LogP contribution in [0.5, 0.6) is 0 Å². The van der Waals surface area contributed by atoms with Gasteiger partial charge in [-0.2, -0.15) is 0 Å². The molecule has 0 fully saturated rings. The summed E-state index contributed by atoms with van der Waals surface area (Å²) < 4.78 is 39.4. The van der Waals surface area contributed by atoms with E-state index in [0.29, 0.717) is 6.54 Å². The molecule has 7 heteroatoms. The molecule has 0 aliphatic rings. The Kier molecular flexibility index (Phi) is 5.58. The summed E-state index contributed by atoms with van der Waals surface area (Å²) in [6.45, 7) is 2.36. The molecule has 0 atom stereocenters. The topological polar surface area (TPSA) is 63.4 Å². The predicted molar refractivity (Wildman–Crippen MR) is 75.2 cm³/mol. The lowest BCUT2D eigenvalue weighted by Crippen LogP contribution is -2.29. The van der Waals surface area contributed by atoms with Crippen molar-refractivity contribution in [3.8, 4) is 0 Å². The fourth-order valence-corrected chi connectivity index (χ4v) is 3.26. The van der Waals surface area contributed by atoms with E-state index in [0.717, 1.165) is 29.6 Å². The van der Waals surface area contributed by atoms with Crippen LogP contribution in [0, 0.1) is 5.82 Å². The van der Waals surface area contributed by atoms with Crippen LogP contribution in [0.3, 0.4) is 0 Å². The predicted octanol–water partition coefficient (Wildman–Crippen LogP) is 2.87. The zero-order valence-electron chi connectivity index (χ0n) is 11.0. The Balaban J connectivity index is 3.06. The molecule has 0 spiro atoms. The largest absolute Gasteiger partial charge is 0.396 e. The van der Waals surface area contributed by atoms with Gasteiger partial charge in [-0.25, -0.2) is 17.1 Å². The molecule has 0 aliphatic carbocycles. The van der Waals surface area contributed by atoms with E-state index in [1.165, 1.54) is 13.1 Å². The number of nitrogens with zero attached hydrogens (tertiary/aromatic N) is 1. The number of hydrogen-bond donors (Lipinski definition) is 1. The minimum atomic E-state index is -3.90. The van der Waals surface area contributed by atoms with Gasteiger partial charge in [0.05, 0.1) is 5.69 Å². The van der Waals surface area contributed by atoms with Gasteiger partial charge in [0.2, 0.25) is 10.0 Å². The minimum Gasteiger partial charge on any atom is -0.396 e. The maximum Gasteiger partial charge on any atom is 0.245 e. The highest BCUT2D eigenvalue weighted by Gasteiger charge is 2.26. The van der Waals surface area contributed by atoms with E-state index in [4.69, 9.17) is 17.3 Å². The van der Waals surface area contributed by atoms with Crippen molar-refractivity contribution >= 4 is 27.3 Å². The van der Waals surface area contributed by atoms with Crippen LogP contribution in [0.1, 0.15) is 26.2 Å². The lowest BCUT2D eigenvalue weighted by molar-refractivity contribution is 0.449. The number of benzene rings is 1. The maximum absolute atomic E-state index is 13.8. The van der Waals surface area contributed by atoms with Crippen LogP contribution in [-0.2, 0) is 10.0 Å². The van der Waals surface area contributed by atoms with Gasteiger partial charge < -0.3 is 5.73 Å². The average Bonchev–Trinajstić information content (AvgIpc) is 2.33. The molecule has 0 aliphatic heterocycles. The second-order valence-electron chi connectivity index (χ2n) is 4.34. The third kappa shape index (κ3) is 3.81. The number of anilines is 1. The maximum atomic E-state index is 13.8. The first-order chi connectivity index (χ1) is 8.80. The molecule has 1 rings (SSSR count). The second-order valence-corrected chi connectivity index (χ2v) is 6.79. The Bertz CT molecular complexity index is 549. The third-order valence-corrected chi connectivity index (χ3v) is 4.87. The van der Waals surface area contributed by atoms with Gasteiger partial charge in [0.25, 0.3) is 0 Å². The molecule has 2 N–H and O–H groups in total. The molecule has 0 unspecified atom stereocenters. The van der Waals surface area contributed by atoms with Crippen LogP contribution in [0.2, 0.25) is 5.02 Å². The normalized spacial score (nSPS) is 12.1. The Hall–Kier alpha value is -0.850. The van der Waals surface area contributed by atoms with Crippen molar-refractivity contribution in [2.24, 2.45) is 0 Å². The highest BCUT2D eigenvalue weighted by Crippen LogP contribution is 2.27. The highest BCUT2D eigenvalue weighted by molar-refractivity contribution is 7.89. The average molecular weight is 309 g/mol. The van der Waals surface area contributed by atoms with Gasteiger partial charge in [0, 0.05) is 18.6 Å². The molecule has 108 valence electrons. The molecule has 1 aromatic carbocycles. The molecule has 19 heavy (non-hydrogen) atoms. The third-order valence-electron chi connectivity index (χ3n) is 2.80. The van der Waals surface area contributed by atoms with Crippen molar-refractivity contribution in [3.05, 3.63) is 23.0 Å². The lowest BCUT2D eigenvalue weighted by atomic mass is 10.2. The minimum absolute atomic E-state index is 0.0967. The molecular formula is C12H18ClFN2O2S. The van der Waals surface area contributed by atoms with Gasteiger partial charge in [-0.1, -0.05) is 31.4 Å². The van der Waals surface area contributed by atoms with Crippen molar-refractivity contribution in [1.82, 2.24) is 4.31 Å². The molecule has 0 radical (unpaired) electrons. The fourth-order valence-electron chi connectivity index (χ4n) is 1.64. The summed E-state index contributed by atoms with van der Waals surface area (Å²) in [5, 5.41) is 0.0967. The quantitative estimate of drug-likeness (QED) is 0.649. The van der Waals surface area contributed by atoms with Crippen LogP contribution in [0.15, 0.2) is 17.0 Å². The van der Waals surface area contributed by atoms with Gasteiger partial charge in [-0.05, 0) is 18.6 Å². The molecule has 0 saturated carbocycles. The number of hydrogen-bond acceptors (Lipinski definition) is 3. The van der Waals surface area contributed by atoms with Crippen LogP contribution in [-0.4, -0.2) is 26.3 Å². The first-order valence-electron chi connectivity index (χ1n) is 6.01. The van der Waals surface area contributed by atoms with E-state index in [1.807, 2.05) is 6.92 Å². The van der Waals surface area contributed by atoms with Crippen molar-refractivity contribution in [2.45, 2.75) is 31.1 Å². The SMILES string of the molecule is CCCCCN(C)S(=O)(=O)c1cc(Cl)cc(N)c1F. The number of nitrogens with two attached hydrogens (primary N) is 1. The summed E-state index contributed by atoms with van der Waals surface area (Å²) >= 11 is 5.73. The van der Waals surface area contributed by atoms with Crippen LogP contribution in [0.4, 0.5) is 10.1 Å². The molecule has 4 nitrogen and oxygen atoms in total.